The molecular formula is C10H10BrN3. The number of aryl methyl sites for hydroxylation is 1. The molecule has 0 aliphatic carbocycles. The van der Waals surface area contributed by atoms with Crippen LogP contribution < -0.4 is 0 Å². The van der Waals surface area contributed by atoms with Crippen molar-refractivity contribution in [3.63, 3.8) is 0 Å². The highest BCUT2D eigenvalue weighted by atomic mass is 79.9. The molecule has 0 spiro atoms. The van der Waals surface area contributed by atoms with Crippen LogP contribution >= 0.6 is 15.9 Å². The Morgan fingerprint density at radius 1 is 1.57 bits per heavy atom. The van der Waals surface area contributed by atoms with Gasteiger partial charge in [-0.15, -0.1) is 0 Å². The van der Waals surface area contributed by atoms with Crippen molar-refractivity contribution in [2.24, 2.45) is 5.11 Å². The van der Waals surface area contributed by atoms with Gasteiger partial charge >= 0.3 is 0 Å². The molecule has 3 nitrogen and oxygen atoms in total. The Hall–Kier alpha value is -1.25. The minimum atomic E-state index is 0.650. The second kappa shape index (κ2) is 4.84. The van der Waals surface area contributed by atoms with Crippen LogP contribution in [0, 0.1) is 6.92 Å². The monoisotopic (exact) mass is 251 g/mol. The van der Waals surface area contributed by atoms with Gasteiger partial charge in [0.25, 0.3) is 0 Å². The fraction of sp³-hybridized carbons (Fsp3) is 0.200. The molecule has 1 rings (SSSR count). The van der Waals surface area contributed by atoms with Gasteiger partial charge in [0.2, 0.25) is 0 Å². The van der Waals surface area contributed by atoms with Gasteiger partial charge in [-0.3, -0.25) is 0 Å². The van der Waals surface area contributed by atoms with Crippen LogP contribution in [-0.4, -0.2) is 0 Å². The fourth-order valence-electron chi connectivity index (χ4n) is 1.07. The van der Waals surface area contributed by atoms with E-state index < -0.39 is 0 Å². The topological polar surface area (TPSA) is 48.8 Å². The number of rotatable bonds is 2. The Kier molecular flexibility index (Phi) is 3.74. The largest absolute Gasteiger partial charge is 0.0654 e. The third-order valence-electron chi connectivity index (χ3n) is 1.72. The molecule has 1 aromatic rings. The van der Waals surface area contributed by atoms with Gasteiger partial charge in [0.05, 0.1) is 0 Å². The van der Waals surface area contributed by atoms with Crippen molar-refractivity contribution in [3.8, 4) is 0 Å². The van der Waals surface area contributed by atoms with Crippen LogP contribution in [0.15, 0.2) is 33.5 Å². The summed E-state index contributed by atoms with van der Waals surface area (Å²) in [5, 5.41) is 3.50. The van der Waals surface area contributed by atoms with E-state index in [4.69, 9.17) is 5.53 Å². The summed E-state index contributed by atoms with van der Waals surface area (Å²) in [4.78, 5) is 2.72. The predicted octanol–water partition coefficient (Wildman–Crippen LogP) is 4.43. The van der Waals surface area contributed by atoms with Crippen molar-refractivity contribution < 1.29 is 0 Å². The van der Waals surface area contributed by atoms with Crippen LogP contribution in [-0.2, 0) is 0 Å². The van der Waals surface area contributed by atoms with Crippen molar-refractivity contribution in [1.82, 2.24) is 0 Å². The van der Waals surface area contributed by atoms with Gasteiger partial charge in [0.15, 0.2) is 0 Å². The van der Waals surface area contributed by atoms with E-state index >= 15 is 0 Å². The minimum Gasteiger partial charge on any atom is -0.0654 e. The molecule has 0 amide bonds. The lowest BCUT2D eigenvalue weighted by atomic mass is 10.1. The summed E-state index contributed by atoms with van der Waals surface area (Å²) in [6, 6.07) is 6.02. The molecule has 0 saturated carbocycles. The van der Waals surface area contributed by atoms with E-state index in [1.807, 2.05) is 31.2 Å². The first kappa shape index (κ1) is 10.8. The number of benzene rings is 1. The number of hydrogen-bond donors (Lipinski definition) is 0. The molecule has 0 aromatic heterocycles. The highest BCUT2D eigenvalue weighted by molar-refractivity contribution is 9.10. The predicted molar refractivity (Wildman–Crippen MR) is 61.7 cm³/mol. The van der Waals surface area contributed by atoms with Gasteiger partial charge in [0, 0.05) is 15.1 Å². The number of nitrogens with zero attached hydrogens (tertiary/aromatic N) is 3. The highest BCUT2D eigenvalue weighted by Gasteiger charge is 1.96. The maximum absolute atomic E-state index is 8.23. The normalized spacial score (nSPS) is 10.9. The summed E-state index contributed by atoms with van der Waals surface area (Å²) in [7, 11) is 0. The van der Waals surface area contributed by atoms with Crippen molar-refractivity contribution in [3.05, 3.63) is 49.9 Å². The molecule has 0 heterocycles. The SMILES string of the molecule is C/C(=C/c1ccc(C)cc1Br)N=[N+]=[N-]. The zero-order valence-electron chi connectivity index (χ0n) is 8.03. The van der Waals surface area contributed by atoms with Gasteiger partial charge < -0.3 is 0 Å². The fourth-order valence-corrected chi connectivity index (χ4v) is 1.68. The summed E-state index contributed by atoms with van der Waals surface area (Å²) < 4.78 is 1.00. The molecule has 0 bridgehead atoms. The average Bonchev–Trinajstić information content (AvgIpc) is 2.10. The zero-order chi connectivity index (χ0) is 10.6. The summed E-state index contributed by atoms with van der Waals surface area (Å²) in [6.45, 7) is 3.80. The molecule has 0 fully saturated rings. The number of allylic oxidation sites excluding steroid dienone is 1. The van der Waals surface area contributed by atoms with Gasteiger partial charge in [-0.05, 0) is 42.6 Å². The third-order valence-corrected chi connectivity index (χ3v) is 2.41. The van der Waals surface area contributed by atoms with Gasteiger partial charge in [-0.2, -0.15) is 0 Å². The molecule has 0 saturated heterocycles. The molecule has 0 aliphatic rings. The second-order valence-electron chi connectivity index (χ2n) is 3.00. The van der Waals surface area contributed by atoms with E-state index in [2.05, 4.69) is 26.0 Å². The second-order valence-corrected chi connectivity index (χ2v) is 3.85. The van der Waals surface area contributed by atoms with E-state index in [1.165, 1.54) is 5.56 Å². The quantitative estimate of drug-likeness (QED) is 0.424. The molecule has 1 aromatic carbocycles. The Morgan fingerprint density at radius 2 is 2.29 bits per heavy atom. The molecule has 0 N–H and O–H groups in total. The Bertz CT molecular complexity index is 417. The van der Waals surface area contributed by atoms with E-state index in [9.17, 15) is 0 Å². The summed E-state index contributed by atoms with van der Waals surface area (Å²) in [6.07, 6.45) is 1.84. The molecule has 14 heavy (non-hydrogen) atoms. The Morgan fingerprint density at radius 3 is 2.86 bits per heavy atom. The van der Waals surface area contributed by atoms with Gasteiger partial charge in [0.1, 0.15) is 0 Å². The number of hydrogen-bond acceptors (Lipinski definition) is 1. The van der Waals surface area contributed by atoms with Crippen molar-refractivity contribution in [2.75, 3.05) is 0 Å². The molecule has 0 aliphatic heterocycles. The Labute approximate surface area is 91.2 Å². The van der Waals surface area contributed by atoms with Crippen LogP contribution in [0.1, 0.15) is 18.1 Å². The smallest absolute Gasteiger partial charge is 0.0250 e. The van der Waals surface area contributed by atoms with Crippen LogP contribution in [0.4, 0.5) is 0 Å². The molecule has 0 atom stereocenters. The average molecular weight is 252 g/mol. The highest BCUT2D eigenvalue weighted by Crippen LogP contribution is 2.21. The lowest BCUT2D eigenvalue weighted by Crippen LogP contribution is -1.79. The first-order valence-corrected chi connectivity index (χ1v) is 4.92. The van der Waals surface area contributed by atoms with Crippen molar-refractivity contribution in [2.45, 2.75) is 13.8 Å². The van der Waals surface area contributed by atoms with Crippen molar-refractivity contribution in [1.29, 1.82) is 0 Å². The van der Waals surface area contributed by atoms with Crippen LogP contribution in [0.5, 0.6) is 0 Å². The summed E-state index contributed by atoms with van der Waals surface area (Å²) in [5.74, 6) is 0. The molecule has 72 valence electrons. The molecule has 4 heteroatoms. The van der Waals surface area contributed by atoms with Crippen LogP contribution in [0.2, 0.25) is 0 Å². The van der Waals surface area contributed by atoms with Gasteiger partial charge in [-0.25, -0.2) is 0 Å². The summed E-state index contributed by atoms with van der Waals surface area (Å²) in [5.41, 5.74) is 11.1. The summed E-state index contributed by atoms with van der Waals surface area (Å²) >= 11 is 3.45. The van der Waals surface area contributed by atoms with E-state index in [0.717, 1.165) is 10.0 Å². The lowest BCUT2D eigenvalue weighted by Gasteiger charge is -2.00. The minimum absolute atomic E-state index is 0.650. The molecule has 0 radical (unpaired) electrons. The Balaban J connectivity index is 3.09. The zero-order valence-corrected chi connectivity index (χ0v) is 9.62. The van der Waals surface area contributed by atoms with E-state index in [1.54, 1.807) is 6.92 Å². The van der Waals surface area contributed by atoms with E-state index in [-0.39, 0.29) is 0 Å². The van der Waals surface area contributed by atoms with Crippen LogP contribution in [0.3, 0.4) is 0 Å². The maximum atomic E-state index is 8.23. The number of azide groups is 1. The molecular weight excluding hydrogens is 242 g/mol. The third kappa shape index (κ3) is 2.91. The standard InChI is InChI=1S/C10H10BrN3/c1-7-3-4-9(10(11)5-7)6-8(2)13-14-12/h3-6H,1-2H3/b8-6-. The van der Waals surface area contributed by atoms with Crippen molar-refractivity contribution >= 4 is 22.0 Å². The molecule has 0 unspecified atom stereocenters. The van der Waals surface area contributed by atoms with Gasteiger partial charge in [-0.1, -0.05) is 33.2 Å². The van der Waals surface area contributed by atoms with Crippen LogP contribution in [0.25, 0.3) is 16.5 Å². The maximum Gasteiger partial charge on any atom is 0.0250 e. The lowest BCUT2D eigenvalue weighted by molar-refractivity contribution is 1.29. The van der Waals surface area contributed by atoms with E-state index in [0.29, 0.717) is 5.70 Å². The number of halogens is 1. The first-order chi connectivity index (χ1) is 6.63. The first-order valence-electron chi connectivity index (χ1n) is 4.13.